The lowest BCUT2D eigenvalue weighted by atomic mass is 9.70. The van der Waals surface area contributed by atoms with E-state index in [1.54, 1.807) is 37.0 Å². The lowest BCUT2D eigenvalue weighted by Crippen LogP contribution is -2.63. The maximum Gasteiger partial charge on any atom is 0.254 e. The number of piperazine rings is 1. The molecule has 0 aromatic heterocycles. The molecule has 11 heteroatoms. The Hall–Kier alpha value is -4.69. The first kappa shape index (κ1) is 28.4. The lowest BCUT2D eigenvalue weighted by molar-refractivity contribution is -0.138. The maximum absolute atomic E-state index is 14.4. The topological polar surface area (TPSA) is 106 Å². The minimum Gasteiger partial charge on any atom is -0.489 e. The molecule has 0 radical (unpaired) electrons. The SMILES string of the molecule is B[C@]1(N2Cc3c(OCc4ccc(CN5CCN(c6ccc(C#N)cc6F)CC5)cc4)cccc3C2=O)CCC(=O)NC1=O. The van der Waals surface area contributed by atoms with E-state index >= 15 is 0 Å². The highest BCUT2D eigenvalue weighted by Gasteiger charge is 2.48. The quantitative estimate of drug-likeness (QED) is 0.339. The van der Waals surface area contributed by atoms with Crippen molar-refractivity contribution in [2.75, 3.05) is 31.1 Å². The molecule has 0 aliphatic carbocycles. The van der Waals surface area contributed by atoms with Gasteiger partial charge in [-0.3, -0.25) is 24.6 Å². The summed E-state index contributed by atoms with van der Waals surface area (Å²) >= 11 is 0. The number of nitriles is 1. The normalized spacial score (nSPS) is 20.5. The zero-order valence-electron chi connectivity index (χ0n) is 23.9. The Labute approximate surface area is 250 Å². The van der Waals surface area contributed by atoms with E-state index in [1.807, 2.05) is 29.2 Å². The molecule has 3 aliphatic rings. The molecule has 1 atom stereocenters. The zero-order chi connectivity index (χ0) is 30.1. The number of benzene rings is 3. The van der Waals surface area contributed by atoms with Gasteiger partial charge in [0.25, 0.3) is 5.91 Å². The van der Waals surface area contributed by atoms with E-state index in [0.717, 1.165) is 30.8 Å². The Bertz CT molecular complexity index is 1630. The Morgan fingerprint density at radius 3 is 2.44 bits per heavy atom. The van der Waals surface area contributed by atoms with Crippen LogP contribution in [0.25, 0.3) is 0 Å². The number of nitrogens with zero attached hydrogens (tertiary/aromatic N) is 4. The molecule has 1 N–H and O–H groups in total. The molecule has 0 bridgehead atoms. The fraction of sp³-hybridized carbons (Fsp3) is 0.312. The van der Waals surface area contributed by atoms with Gasteiger partial charge in [0.1, 0.15) is 26.0 Å². The van der Waals surface area contributed by atoms with E-state index in [-0.39, 0.29) is 37.0 Å². The van der Waals surface area contributed by atoms with Crippen LogP contribution in [0.2, 0.25) is 0 Å². The predicted octanol–water partition coefficient (Wildman–Crippen LogP) is 2.32. The number of carbonyl (C=O) groups excluding carboxylic acids is 3. The van der Waals surface area contributed by atoms with Crippen molar-refractivity contribution < 1.29 is 23.5 Å². The van der Waals surface area contributed by atoms with Crippen LogP contribution in [0.3, 0.4) is 0 Å². The number of amides is 3. The number of rotatable bonds is 7. The van der Waals surface area contributed by atoms with Crippen molar-refractivity contribution in [3.05, 3.63) is 94.3 Å². The van der Waals surface area contributed by atoms with Crippen LogP contribution < -0.4 is 15.0 Å². The molecule has 2 saturated heterocycles. The molecular formula is C32H31BFN5O4. The standard InChI is InChI=1S/C32H31BFN5O4/c33-32(11-10-29(40)36-31(32)42)39-19-25-24(30(39)41)2-1-3-28(25)43-20-22-6-4-21(5-7-22)18-37-12-14-38(15-13-37)27-9-8-23(17-35)16-26(27)34/h1-9,16H,10-15,18-20,33H2,(H,36,40,42)/t32-/m0/s1. The molecule has 0 saturated carbocycles. The highest BCUT2D eigenvalue weighted by atomic mass is 19.1. The molecule has 3 heterocycles. The summed E-state index contributed by atoms with van der Waals surface area (Å²) in [7, 11) is 1.70. The first-order chi connectivity index (χ1) is 20.7. The molecule has 2 fully saturated rings. The van der Waals surface area contributed by atoms with Gasteiger partial charge in [0.05, 0.1) is 29.3 Å². The van der Waals surface area contributed by atoms with Crippen LogP contribution in [0.1, 0.15) is 45.5 Å². The van der Waals surface area contributed by atoms with Gasteiger partial charge in [0, 0.05) is 50.3 Å². The van der Waals surface area contributed by atoms with Crippen molar-refractivity contribution in [2.45, 2.75) is 38.0 Å². The van der Waals surface area contributed by atoms with Crippen molar-refractivity contribution >= 4 is 31.3 Å². The third-order valence-corrected chi connectivity index (χ3v) is 8.71. The molecule has 3 aliphatic heterocycles. The molecule has 0 unspecified atom stereocenters. The van der Waals surface area contributed by atoms with Crippen LogP contribution in [0.15, 0.2) is 60.7 Å². The number of halogens is 1. The average molecular weight is 579 g/mol. The second-order valence-corrected chi connectivity index (χ2v) is 11.5. The summed E-state index contributed by atoms with van der Waals surface area (Å²) in [5.74, 6) is -0.766. The van der Waals surface area contributed by atoms with Crippen molar-refractivity contribution in [3.8, 4) is 11.8 Å². The number of hydrogen-bond donors (Lipinski definition) is 1. The summed E-state index contributed by atoms with van der Waals surface area (Å²) in [6.45, 7) is 4.37. The number of fused-ring (bicyclic) bond motifs is 1. The number of piperidine rings is 1. The molecule has 3 aromatic carbocycles. The third kappa shape index (κ3) is 5.58. The van der Waals surface area contributed by atoms with Gasteiger partial charge in [-0.2, -0.15) is 5.26 Å². The Balaban J connectivity index is 1.04. The van der Waals surface area contributed by atoms with E-state index in [4.69, 9.17) is 10.00 Å². The third-order valence-electron chi connectivity index (χ3n) is 8.71. The summed E-state index contributed by atoms with van der Waals surface area (Å²) in [6.07, 6.45) is 0.474. The number of carbonyl (C=O) groups is 3. The monoisotopic (exact) mass is 579 g/mol. The number of hydrogen-bond acceptors (Lipinski definition) is 7. The number of nitrogens with one attached hydrogen (secondary N) is 1. The summed E-state index contributed by atoms with van der Waals surface area (Å²) in [4.78, 5) is 43.5. The fourth-order valence-corrected chi connectivity index (χ4v) is 6.03. The van der Waals surface area contributed by atoms with Gasteiger partial charge in [-0.1, -0.05) is 30.3 Å². The molecule has 6 rings (SSSR count). The first-order valence-corrected chi connectivity index (χ1v) is 14.4. The molecule has 3 aromatic rings. The molecule has 43 heavy (non-hydrogen) atoms. The van der Waals surface area contributed by atoms with Crippen molar-refractivity contribution in [1.82, 2.24) is 15.1 Å². The van der Waals surface area contributed by atoms with Crippen LogP contribution in [0.5, 0.6) is 5.75 Å². The second kappa shape index (κ2) is 11.5. The van der Waals surface area contributed by atoms with E-state index in [2.05, 4.69) is 22.3 Å². The first-order valence-electron chi connectivity index (χ1n) is 14.4. The zero-order valence-corrected chi connectivity index (χ0v) is 23.9. The Morgan fingerprint density at radius 1 is 1.00 bits per heavy atom. The van der Waals surface area contributed by atoms with E-state index in [1.165, 1.54) is 11.6 Å². The van der Waals surface area contributed by atoms with E-state index in [9.17, 15) is 18.8 Å². The van der Waals surface area contributed by atoms with Gasteiger partial charge < -0.3 is 14.5 Å². The molecular weight excluding hydrogens is 548 g/mol. The summed E-state index contributed by atoms with van der Waals surface area (Å²) in [5, 5.41) is 11.3. The Morgan fingerprint density at radius 2 is 1.74 bits per heavy atom. The van der Waals surface area contributed by atoms with Crippen LogP contribution in [-0.4, -0.2) is 67.0 Å². The van der Waals surface area contributed by atoms with E-state index in [0.29, 0.717) is 42.3 Å². The summed E-state index contributed by atoms with van der Waals surface area (Å²) in [6, 6.07) is 20.2. The van der Waals surface area contributed by atoms with Gasteiger partial charge in [-0.25, -0.2) is 4.39 Å². The van der Waals surface area contributed by atoms with Gasteiger partial charge >= 0.3 is 0 Å². The maximum atomic E-state index is 14.4. The molecule has 9 nitrogen and oxygen atoms in total. The Kier molecular flexibility index (Phi) is 7.63. The van der Waals surface area contributed by atoms with Crippen LogP contribution >= 0.6 is 0 Å². The number of anilines is 1. The predicted molar refractivity (Wildman–Crippen MR) is 159 cm³/mol. The minimum absolute atomic E-state index is 0.191. The van der Waals surface area contributed by atoms with Crippen molar-refractivity contribution in [3.63, 3.8) is 0 Å². The molecule has 218 valence electrons. The van der Waals surface area contributed by atoms with Crippen molar-refractivity contribution in [1.29, 1.82) is 5.26 Å². The minimum atomic E-state index is -1.09. The van der Waals surface area contributed by atoms with Crippen LogP contribution in [-0.2, 0) is 29.3 Å². The van der Waals surface area contributed by atoms with Gasteiger partial charge in [-0.05, 0) is 47.9 Å². The van der Waals surface area contributed by atoms with Crippen LogP contribution in [0, 0.1) is 17.1 Å². The highest BCUT2D eigenvalue weighted by Crippen LogP contribution is 2.37. The fourth-order valence-electron chi connectivity index (χ4n) is 6.03. The van der Waals surface area contributed by atoms with Gasteiger partial charge in [-0.15, -0.1) is 0 Å². The average Bonchev–Trinajstić information content (AvgIpc) is 3.36. The van der Waals surface area contributed by atoms with Gasteiger partial charge in [0.15, 0.2) is 0 Å². The highest BCUT2D eigenvalue weighted by molar-refractivity contribution is 6.32. The summed E-state index contributed by atoms with van der Waals surface area (Å²) < 4.78 is 20.6. The number of ether oxygens (including phenoxy) is 1. The molecule has 0 spiro atoms. The summed E-state index contributed by atoms with van der Waals surface area (Å²) in [5.41, 5.74) is 3.18. The second-order valence-electron chi connectivity index (χ2n) is 11.5. The van der Waals surface area contributed by atoms with Gasteiger partial charge in [0.2, 0.25) is 11.8 Å². The largest absolute Gasteiger partial charge is 0.489 e. The number of imide groups is 1. The van der Waals surface area contributed by atoms with Crippen LogP contribution in [0.4, 0.5) is 10.1 Å². The molecule has 3 amide bonds. The van der Waals surface area contributed by atoms with E-state index < -0.39 is 11.3 Å². The van der Waals surface area contributed by atoms with Crippen molar-refractivity contribution in [2.24, 2.45) is 0 Å². The lowest BCUT2D eigenvalue weighted by Gasteiger charge is -2.39. The smallest absolute Gasteiger partial charge is 0.254 e.